The molecule has 0 N–H and O–H groups in total. The van der Waals surface area contributed by atoms with Crippen molar-refractivity contribution < 1.29 is 14.3 Å². The Morgan fingerprint density at radius 2 is 1.65 bits per heavy atom. The van der Waals surface area contributed by atoms with Crippen LogP contribution in [0.4, 0.5) is 22.2 Å². The van der Waals surface area contributed by atoms with E-state index < -0.39 is 6.09 Å². The first-order valence-electron chi connectivity index (χ1n) is 8.01. The Balaban J connectivity index is 2.11. The molecule has 134 valence electrons. The highest BCUT2D eigenvalue weighted by molar-refractivity contribution is 5.94. The first kappa shape index (κ1) is 17.5. The number of aromatic nitrogens is 2. The number of carbonyl (C=O) groups excluding carboxylic acids is 1. The highest BCUT2D eigenvalue weighted by Crippen LogP contribution is 2.31. The lowest BCUT2D eigenvalue weighted by atomic mass is 10.2. The number of fused-ring (bicyclic) bond motifs is 1. The average molecular weight is 352 g/mol. The first-order chi connectivity index (χ1) is 12.5. The largest absolute Gasteiger partial charge is 0.497 e. The van der Waals surface area contributed by atoms with Crippen molar-refractivity contribution in [2.24, 2.45) is 0 Å². The molecule has 0 saturated carbocycles. The first-order valence-corrected chi connectivity index (χ1v) is 8.01. The zero-order chi connectivity index (χ0) is 18.7. The quantitative estimate of drug-likeness (QED) is 0.714. The molecule has 0 bridgehead atoms. The second kappa shape index (κ2) is 7.26. The fourth-order valence-electron chi connectivity index (χ4n) is 2.60. The van der Waals surface area contributed by atoms with Gasteiger partial charge in [-0.3, -0.25) is 0 Å². The van der Waals surface area contributed by atoms with Crippen molar-refractivity contribution in [2.45, 2.75) is 0 Å². The molecule has 0 aliphatic carbocycles. The molecule has 2 aromatic carbocycles. The van der Waals surface area contributed by atoms with E-state index in [9.17, 15) is 4.79 Å². The van der Waals surface area contributed by atoms with E-state index in [1.54, 1.807) is 14.2 Å². The Bertz CT molecular complexity index is 928. The fourth-order valence-corrected chi connectivity index (χ4v) is 2.60. The van der Waals surface area contributed by atoms with Gasteiger partial charge < -0.3 is 14.4 Å². The molecule has 3 aromatic rings. The number of benzene rings is 2. The lowest BCUT2D eigenvalue weighted by Crippen LogP contribution is -2.28. The van der Waals surface area contributed by atoms with Gasteiger partial charge in [0.2, 0.25) is 5.95 Å². The van der Waals surface area contributed by atoms with Gasteiger partial charge in [-0.2, -0.15) is 4.98 Å². The van der Waals surface area contributed by atoms with Crippen LogP contribution in [-0.4, -0.2) is 44.4 Å². The van der Waals surface area contributed by atoms with Crippen molar-refractivity contribution in [3.05, 3.63) is 48.5 Å². The third-order valence-electron chi connectivity index (χ3n) is 4.10. The minimum Gasteiger partial charge on any atom is -0.497 e. The standard InChI is InChI=1S/C19H20N4O3/c1-22(13-9-11-14(25-3)12-10-13)17-15-7-5-6-8-16(15)20-18(21-17)23(2)19(24)26-4/h5-12H,1-4H3. The average Bonchev–Trinajstić information content (AvgIpc) is 2.71. The van der Waals surface area contributed by atoms with E-state index in [1.807, 2.05) is 60.5 Å². The van der Waals surface area contributed by atoms with Crippen molar-refractivity contribution in [1.82, 2.24) is 9.97 Å². The van der Waals surface area contributed by atoms with Gasteiger partial charge >= 0.3 is 6.09 Å². The second-order valence-electron chi connectivity index (χ2n) is 5.65. The van der Waals surface area contributed by atoms with Gasteiger partial charge in [0.1, 0.15) is 11.6 Å². The van der Waals surface area contributed by atoms with Crippen molar-refractivity contribution in [1.29, 1.82) is 0 Å². The molecule has 0 aliphatic heterocycles. The maximum absolute atomic E-state index is 11.9. The molecule has 0 fully saturated rings. The number of amides is 1. The number of anilines is 3. The van der Waals surface area contributed by atoms with Crippen LogP contribution in [0.5, 0.6) is 5.75 Å². The van der Waals surface area contributed by atoms with Crippen LogP contribution in [0, 0.1) is 0 Å². The molecule has 7 heteroatoms. The third kappa shape index (κ3) is 3.23. The van der Waals surface area contributed by atoms with Crippen LogP contribution >= 0.6 is 0 Å². The molecule has 0 radical (unpaired) electrons. The second-order valence-corrected chi connectivity index (χ2v) is 5.65. The van der Waals surface area contributed by atoms with Gasteiger partial charge in [0.15, 0.2) is 0 Å². The van der Waals surface area contributed by atoms with Crippen LogP contribution in [0.1, 0.15) is 0 Å². The number of ether oxygens (including phenoxy) is 2. The van der Waals surface area contributed by atoms with Crippen LogP contribution in [0.3, 0.4) is 0 Å². The maximum Gasteiger partial charge on any atom is 0.416 e. The van der Waals surface area contributed by atoms with Crippen molar-refractivity contribution >= 4 is 34.4 Å². The van der Waals surface area contributed by atoms with Gasteiger partial charge in [-0.05, 0) is 36.4 Å². The lowest BCUT2D eigenvalue weighted by molar-refractivity contribution is 0.180. The number of carbonyl (C=O) groups is 1. The van der Waals surface area contributed by atoms with E-state index in [1.165, 1.54) is 12.0 Å². The van der Waals surface area contributed by atoms with Gasteiger partial charge in [0, 0.05) is 25.2 Å². The molecule has 3 rings (SSSR count). The topological polar surface area (TPSA) is 67.8 Å². The molecular weight excluding hydrogens is 332 g/mol. The molecule has 0 unspecified atom stereocenters. The van der Waals surface area contributed by atoms with E-state index >= 15 is 0 Å². The van der Waals surface area contributed by atoms with Gasteiger partial charge in [0.25, 0.3) is 0 Å². The molecule has 1 heterocycles. The molecule has 0 atom stereocenters. The highest BCUT2D eigenvalue weighted by Gasteiger charge is 2.19. The van der Waals surface area contributed by atoms with Crippen LogP contribution in [0.25, 0.3) is 10.9 Å². The van der Waals surface area contributed by atoms with E-state index in [-0.39, 0.29) is 5.95 Å². The van der Waals surface area contributed by atoms with Crippen LogP contribution < -0.4 is 14.5 Å². The Kier molecular flexibility index (Phi) is 4.88. The molecule has 1 aromatic heterocycles. The summed E-state index contributed by atoms with van der Waals surface area (Å²) < 4.78 is 9.98. The summed E-state index contributed by atoms with van der Waals surface area (Å²) in [4.78, 5) is 24.2. The van der Waals surface area contributed by atoms with Crippen molar-refractivity contribution in [3.63, 3.8) is 0 Å². The Morgan fingerprint density at radius 1 is 0.962 bits per heavy atom. The van der Waals surface area contributed by atoms with Gasteiger partial charge in [-0.25, -0.2) is 14.7 Å². The maximum atomic E-state index is 11.9. The van der Waals surface area contributed by atoms with Gasteiger partial charge in [0.05, 0.1) is 19.7 Å². The van der Waals surface area contributed by atoms with E-state index in [0.29, 0.717) is 5.82 Å². The summed E-state index contributed by atoms with van der Waals surface area (Å²) in [5.74, 6) is 1.73. The van der Waals surface area contributed by atoms with Gasteiger partial charge in [-0.15, -0.1) is 0 Å². The molecule has 0 spiro atoms. The zero-order valence-corrected chi connectivity index (χ0v) is 15.1. The molecule has 26 heavy (non-hydrogen) atoms. The normalized spacial score (nSPS) is 10.5. The van der Waals surface area contributed by atoms with Crippen LogP contribution in [0.15, 0.2) is 48.5 Å². The number of methoxy groups -OCH3 is 2. The molecule has 1 amide bonds. The number of hydrogen-bond donors (Lipinski definition) is 0. The smallest absolute Gasteiger partial charge is 0.416 e. The molecule has 7 nitrogen and oxygen atoms in total. The van der Waals surface area contributed by atoms with Crippen molar-refractivity contribution in [2.75, 3.05) is 38.1 Å². The summed E-state index contributed by atoms with van der Waals surface area (Å²) in [6.07, 6.45) is -0.529. The minimum atomic E-state index is -0.529. The van der Waals surface area contributed by atoms with Crippen LogP contribution in [-0.2, 0) is 4.74 Å². The number of hydrogen-bond acceptors (Lipinski definition) is 6. The van der Waals surface area contributed by atoms with Crippen molar-refractivity contribution in [3.8, 4) is 5.75 Å². The summed E-state index contributed by atoms with van der Waals surface area (Å²) in [5.41, 5.74) is 1.67. The SMILES string of the molecule is COC(=O)N(C)c1nc(N(C)c2ccc(OC)cc2)c2ccccc2n1. The summed E-state index contributed by atoms with van der Waals surface area (Å²) in [6.45, 7) is 0. The van der Waals surface area contributed by atoms with Gasteiger partial charge in [-0.1, -0.05) is 12.1 Å². The van der Waals surface area contributed by atoms with E-state index in [2.05, 4.69) is 9.97 Å². The number of rotatable bonds is 4. The number of nitrogens with zero attached hydrogens (tertiary/aromatic N) is 4. The predicted molar refractivity (Wildman–Crippen MR) is 101 cm³/mol. The lowest BCUT2D eigenvalue weighted by Gasteiger charge is -2.22. The monoisotopic (exact) mass is 352 g/mol. The highest BCUT2D eigenvalue weighted by atomic mass is 16.5. The minimum absolute atomic E-state index is 0.269. The number of para-hydroxylation sites is 1. The Labute approximate surface area is 151 Å². The third-order valence-corrected chi connectivity index (χ3v) is 4.10. The summed E-state index contributed by atoms with van der Waals surface area (Å²) >= 11 is 0. The summed E-state index contributed by atoms with van der Waals surface area (Å²) in [6, 6.07) is 15.3. The van der Waals surface area contributed by atoms with Crippen LogP contribution in [0.2, 0.25) is 0 Å². The Morgan fingerprint density at radius 3 is 2.31 bits per heavy atom. The molecule has 0 aliphatic rings. The summed E-state index contributed by atoms with van der Waals surface area (Å²) in [7, 11) is 6.45. The van der Waals surface area contributed by atoms with E-state index in [0.717, 1.165) is 22.3 Å². The summed E-state index contributed by atoms with van der Waals surface area (Å²) in [5, 5.41) is 0.882. The Hall–Kier alpha value is -3.35. The molecule has 0 saturated heterocycles. The fraction of sp³-hybridized carbons (Fsp3) is 0.211. The zero-order valence-electron chi connectivity index (χ0n) is 15.1. The van der Waals surface area contributed by atoms with E-state index in [4.69, 9.17) is 9.47 Å². The molecular formula is C19H20N4O3. The predicted octanol–water partition coefficient (Wildman–Crippen LogP) is 3.61.